The van der Waals surface area contributed by atoms with Crippen LogP contribution in [0.4, 0.5) is 0 Å². The quantitative estimate of drug-likeness (QED) is 0.336. The fraction of sp³-hybridized carbons (Fsp3) is 0.0435. The maximum atomic E-state index is 11.4. The summed E-state index contributed by atoms with van der Waals surface area (Å²) in [6, 6.07) is 26.3. The monoisotopic (exact) mass is 404 g/mol. The van der Waals surface area contributed by atoms with Gasteiger partial charge in [-0.3, -0.25) is 0 Å². The lowest BCUT2D eigenvalue weighted by molar-refractivity contribution is 0.493. The smallest absolute Gasteiger partial charge is 0.306 e. The summed E-state index contributed by atoms with van der Waals surface area (Å²) < 4.78 is 30.3. The van der Waals surface area contributed by atoms with Crippen molar-refractivity contribution in [1.29, 1.82) is 0 Å². The fourth-order valence-electron chi connectivity index (χ4n) is 3.70. The summed E-state index contributed by atoms with van der Waals surface area (Å²) in [5.74, 6) is 0.318. The largest absolute Gasteiger partial charge is 0.383 e. The number of hydrogen-bond acceptors (Lipinski definition) is 4. The minimum atomic E-state index is -3.54. The Bertz CT molecular complexity index is 1450. The lowest BCUT2D eigenvalue weighted by Crippen LogP contribution is -2.05. The Kier molecular flexibility index (Phi) is 3.89. The SMILES string of the molecule is CS(=O)(=O)Oc1ccc(-c2c3ccccc3cc3sc4ccccc4c23)cc1. The summed E-state index contributed by atoms with van der Waals surface area (Å²) in [5.41, 5.74) is 2.20. The van der Waals surface area contributed by atoms with E-state index in [1.807, 2.05) is 24.3 Å². The molecule has 138 valence electrons. The molecule has 5 aromatic rings. The van der Waals surface area contributed by atoms with Crippen LogP contribution in [0.15, 0.2) is 78.9 Å². The Morgan fingerprint density at radius 1 is 0.786 bits per heavy atom. The molecule has 0 unspecified atom stereocenters. The lowest BCUT2D eigenvalue weighted by atomic mass is 9.93. The first-order valence-electron chi connectivity index (χ1n) is 8.82. The molecular formula is C23H16O3S2. The first-order chi connectivity index (χ1) is 13.5. The molecule has 5 heteroatoms. The van der Waals surface area contributed by atoms with Crippen LogP contribution in [0.5, 0.6) is 5.75 Å². The van der Waals surface area contributed by atoms with E-state index in [1.165, 1.54) is 30.9 Å². The molecule has 0 aliphatic rings. The van der Waals surface area contributed by atoms with Crippen molar-refractivity contribution < 1.29 is 12.6 Å². The number of benzene rings is 4. The highest BCUT2D eigenvalue weighted by Gasteiger charge is 2.15. The zero-order valence-corrected chi connectivity index (χ0v) is 16.7. The van der Waals surface area contributed by atoms with Crippen LogP contribution >= 0.6 is 11.3 Å². The van der Waals surface area contributed by atoms with Crippen molar-refractivity contribution in [3.63, 3.8) is 0 Å². The molecule has 0 aliphatic carbocycles. The van der Waals surface area contributed by atoms with Gasteiger partial charge in [-0.25, -0.2) is 0 Å². The Hall–Kier alpha value is -2.89. The summed E-state index contributed by atoms with van der Waals surface area (Å²) in [6.45, 7) is 0. The first kappa shape index (κ1) is 17.2. The Balaban J connectivity index is 1.83. The molecule has 4 aromatic carbocycles. The molecule has 28 heavy (non-hydrogen) atoms. The average molecular weight is 405 g/mol. The summed E-state index contributed by atoms with van der Waals surface area (Å²) in [5, 5.41) is 4.83. The molecule has 0 bridgehead atoms. The van der Waals surface area contributed by atoms with Crippen LogP contribution in [0.3, 0.4) is 0 Å². The van der Waals surface area contributed by atoms with Crippen LogP contribution in [0.25, 0.3) is 42.1 Å². The predicted molar refractivity (Wildman–Crippen MR) is 118 cm³/mol. The number of thiophene rings is 1. The number of hydrogen-bond donors (Lipinski definition) is 0. The van der Waals surface area contributed by atoms with Crippen LogP contribution in [-0.4, -0.2) is 14.7 Å². The molecule has 0 saturated heterocycles. The molecule has 0 amide bonds. The van der Waals surface area contributed by atoms with Crippen molar-refractivity contribution in [3.8, 4) is 16.9 Å². The highest BCUT2D eigenvalue weighted by molar-refractivity contribution is 7.86. The van der Waals surface area contributed by atoms with Crippen LogP contribution in [0.1, 0.15) is 0 Å². The minimum absolute atomic E-state index is 0.318. The molecule has 0 N–H and O–H groups in total. The van der Waals surface area contributed by atoms with Gasteiger partial charge < -0.3 is 4.18 Å². The molecule has 0 aliphatic heterocycles. The molecule has 0 spiro atoms. The predicted octanol–water partition coefficient (Wildman–Crippen LogP) is 6.21. The van der Waals surface area contributed by atoms with E-state index >= 15 is 0 Å². The second-order valence-electron chi connectivity index (χ2n) is 6.76. The van der Waals surface area contributed by atoms with Crippen molar-refractivity contribution in [2.24, 2.45) is 0 Å². The molecular weight excluding hydrogens is 388 g/mol. The minimum Gasteiger partial charge on any atom is -0.383 e. The van der Waals surface area contributed by atoms with E-state index < -0.39 is 10.1 Å². The van der Waals surface area contributed by atoms with Gasteiger partial charge in [-0.2, -0.15) is 8.42 Å². The molecule has 0 atom stereocenters. The van der Waals surface area contributed by atoms with Gasteiger partial charge >= 0.3 is 10.1 Å². The van der Waals surface area contributed by atoms with E-state index in [0.717, 1.165) is 17.4 Å². The molecule has 0 saturated carbocycles. The fourth-order valence-corrected chi connectivity index (χ4v) is 5.33. The Morgan fingerprint density at radius 2 is 1.46 bits per heavy atom. The van der Waals surface area contributed by atoms with E-state index in [4.69, 9.17) is 4.18 Å². The van der Waals surface area contributed by atoms with Gasteiger partial charge in [0.15, 0.2) is 0 Å². The van der Waals surface area contributed by atoms with Crippen molar-refractivity contribution in [2.45, 2.75) is 0 Å². The third-order valence-corrected chi connectivity index (χ3v) is 6.39. The third-order valence-electron chi connectivity index (χ3n) is 4.78. The van der Waals surface area contributed by atoms with Gasteiger partial charge in [-0.05, 0) is 46.2 Å². The summed E-state index contributed by atoms with van der Waals surface area (Å²) in [6.07, 6.45) is 1.05. The van der Waals surface area contributed by atoms with E-state index in [2.05, 4.69) is 42.5 Å². The van der Waals surface area contributed by atoms with E-state index in [-0.39, 0.29) is 0 Å². The first-order valence-corrected chi connectivity index (χ1v) is 11.5. The topological polar surface area (TPSA) is 43.4 Å². The molecule has 1 heterocycles. The van der Waals surface area contributed by atoms with E-state index in [1.54, 1.807) is 23.5 Å². The van der Waals surface area contributed by atoms with Gasteiger partial charge in [-0.1, -0.05) is 54.6 Å². The van der Waals surface area contributed by atoms with Crippen LogP contribution in [0.2, 0.25) is 0 Å². The van der Waals surface area contributed by atoms with Crippen LogP contribution in [0, 0.1) is 0 Å². The second-order valence-corrected chi connectivity index (χ2v) is 9.41. The highest BCUT2D eigenvalue weighted by Crippen LogP contribution is 2.44. The van der Waals surface area contributed by atoms with Crippen molar-refractivity contribution in [1.82, 2.24) is 0 Å². The maximum absolute atomic E-state index is 11.4. The average Bonchev–Trinajstić information content (AvgIpc) is 3.04. The van der Waals surface area contributed by atoms with E-state index in [9.17, 15) is 8.42 Å². The van der Waals surface area contributed by atoms with Crippen molar-refractivity contribution in [3.05, 3.63) is 78.9 Å². The highest BCUT2D eigenvalue weighted by atomic mass is 32.2. The second kappa shape index (κ2) is 6.33. The summed E-state index contributed by atoms with van der Waals surface area (Å²) >= 11 is 1.79. The molecule has 0 fully saturated rings. The van der Waals surface area contributed by atoms with Gasteiger partial charge in [0.2, 0.25) is 0 Å². The van der Waals surface area contributed by atoms with Gasteiger partial charge in [-0.15, -0.1) is 11.3 Å². The zero-order valence-electron chi connectivity index (χ0n) is 15.0. The Labute approximate surface area is 166 Å². The molecule has 3 nitrogen and oxygen atoms in total. The van der Waals surface area contributed by atoms with Crippen molar-refractivity contribution in [2.75, 3.05) is 6.26 Å². The van der Waals surface area contributed by atoms with Gasteiger partial charge in [0, 0.05) is 20.2 Å². The summed E-state index contributed by atoms with van der Waals surface area (Å²) in [7, 11) is -3.54. The van der Waals surface area contributed by atoms with Gasteiger partial charge in [0.05, 0.1) is 6.26 Å². The van der Waals surface area contributed by atoms with Crippen LogP contribution < -0.4 is 4.18 Å². The standard InChI is InChI=1S/C23H16O3S2/c1-28(24,25)26-17-12-10-15(11-13-17)22-18-7-3-2-6-16(18)14-21-23(22)19-8-4-5-9-20(19)27-21/h2-14H,1H3. The molecule has 5 rings (SSSR count). The number of rotatable bonds is 3. The number of fused-ring (bicyclic) bond motifs is 4. The molecule has 0 radical (unpaired) electrons. The summed E-state index contributed by atoms with van der Waals surface area (Å²) in [4.78, 5) is 0. The Morgan fingerprint density at radius 3 is 2.21 bits per heavy atom. The van der Waals surface area contributed by atoms with Gasteiger partial charge in [0.1, 0.15) is 5.75 Å². The molecule has 1 aromatic heterocycles. The van der Waals surface area contributed by atoms with Crippen LogP contribution in [-0.2, 0) is 10.1 Å². The van der Waals surface area contributed by atoms with E-state index in [0.29, 0.717) is 5.75 Å². The normalized spacial score (nSPS) is 12.0. The van der Waals surface area contributed by atoms with Crippen molar-refractivity contribution >= 4 is 52.4 Å². The maximum Gasteiger partial charge on any atom is 0.306 e. The van der Waals surface area contributed by atoms with Gasteiger partial charge in [0.25, 0.3) is 0 Å². The zero-order chi connectivity index (χ0) is 19.3. The third kappa shape index (κ3) is 2.93. The lowest BCUT2D eigenvalue weighted by Gasteiger charge is -2.11.